The quantitative estimate of drug-likeness (QED) is 0.595. The van der Waals surface area contributed by atoms with E-state index in [-0.39, 0.29) is 0 Å². The van der Waals surface area contributed by atoms with Crippen molar-refractivity contribution in [2.45, 2.75) is 78.3 Å². The van der Waals surface area contributed by atoms with Crippen LogP contribution in [0.4, 0.5) is 0 Å². The van der Waals surface area contributed by atoms with Gasteiger partial charge in [0.25, 0.3) is 0 Å². The minimum Gasteiger partial charge on any atom is -0.317 e. The first kappa shape index (κ1) is 16.9. The summed E-state index contributed by atoms with van der Waals surface area (Å²) in [6.45, 7) is 11.8. The maximum atomic E-state index is 3.39. The van der Waals surface area contributed by atoms with E-state index < -0.39 is 0 Å². The second kappa shape index (κ2) is 11.0. The largest absolute Gasteiger partial charge is 0.317 e. The van der Waals surface area contributed by atoms with Crippen molar-refractivity contribution in [2.24, 2.45) is 0 Å². The van der Waals surface area contributed by atoms with E-state index >= 15 is 0 Å². The summed E-state index contributed by atoms with van der Waals surface area (Å²) in [4.78, 5) is 2.67. The molecule has 0 aromatic heterocycles. The Labute approximate surface area is 109 Å². The molecular weight excluding hydrogens is 208 g/mol. The predicted octanol–water partition coefficient (Wildman–Crippen LogP) is 3.67. The normalized spacial score (nSPS) is 15.2. The summed E-state index contributed by atoms with van der Waals surface area (Å²) in [5, 5.41) is 3.39. The highest BCUT2D eigenvalue weighted by Crippen LogP contribution is 2.09. The van der Waals surface area contributed by atoms with Crippen LogP contribution in [0.2, 0.25) is 0 Å². The molecule has 0 spiro atoms. The molecule has 2 atom stereocenters. The Morgan fingerprint density at radius 3 is 2.12 bits per heavy atom. The number of hydrogen-bond donors (Lipinski definition) is 1. The van der Waals surface area contributed by atoms with Crippen LogP contribution in [0.15, 0.2) is 0 Å². The van der Waals surface area contributed by atoms with E-state index in [9.17, 15) is 0 Å². The third-order valence-electron chi connectivity index (χ3n) is 3.91. The van der Waals surface area contributed by atoms with Gasteiger partial charge in [-0.15, -0.1) is 0 Å². The summed E-state index contributed by atoms with van der Waals surface area (Å²) in [6.07, 6.45) is 7.80. The number of nitrogens with zero attached hydrogens (tertiary/aromatic N) is 1. The molecule has 104 valence electrons. The minimum absolute atomic E-state index is 0.708. The molecule has 0 aromatic carbocycles. The highest BCUT2D eigenvalue weighted by Gasteiger charge is 2.11. The highest BCUT2D eigenvalue weighted by molar-refractivity contribution is 4.68. The van der Waals surface area contributed by atoms with Gasteiger partial charge in [0.15, 0.2) is 0 Å². The Morgan fingerprint density at radius 2 is 1.65 bits per heavy atom. The number of nitrogens with one attached hydrogen (secondary N) is 1. The molecule has 2 heteroatoms. The molecule has 0 aliphatic heterocycles. The van der Waals surface area contributed by atoms with Crippen molar-refractivity contribution in [2.75, 3.05) is 20.1 Å². The van der Waals surface area contributed by atoms with Gasteiger partial charge in [0.2, 0.25) is 0 Å². The average molecular weight is 242 g/mol. The highest BCUT2D eigenvalue weighted by atomic mass is 15.1. The number of hydrogen-bond acceptors (Lipinski definition) is 2. The van der Waals surface area contributed by atoms with Gasteiger partial charge >= 0.3 is 0 Å². The zero-order valence-electron chi connectivity index (χ0n) is 12.8. The summed E-state index contributed by atoms with van der Waals surface area (Å²) < 4.78 is 0. The third-order valence-corrected chi connectivity index (χ3v) is 3.91. The summed E-state index contributed by atoms with van der Waals surface area (Å²) in [6, 6.07) is 1.45. The van der Waals surface area contributed by atoms with E-state index in [1.807, 2.05) is 0 Å². The van der Waals surface area contributed by atoms with E-state index in [1.165, 1.54) is 51.6 Å². The van der Waals surface area contributed by atoms with Gasteiger partial charge in [-0.25, -0.2) is 0 Å². The molecule has 0 fully saturated rings. The van der Waals surface area contributed by atoms with Gasteiger partial charge in [0.05, 0.1) is 0 Å². The van der Waals surface area contributed by atoms with Gasteiger partial charge in [-0.2, -0.15) is 0 Å². The van der Waals surface area contributed by atoms with Crippen molar-refractivity contribution >= 4 is 0 Å². The lowest BCUT2D eigenvalue weighted by atomic mass is 10.1. The van der Waals surface area contributed by atoms with E-state index in [0.29, 0.717) is 6.04 Å². The van der Waals surface area contributed by atoms with Gasteiger partial charge < -0.3 is 10.2 Å². The Kier molecular flexibility index (Phi) is 11.0. The molecule has 17 heavy (non-hydrogen) atoms. The van der Waals surface area contributed by atoms with Crippen LogP contribution < -0.4 is 5.32 Å². The van der Waals surface area contributed by atoms with Crippen LogP contribution in [-0.2, 0) is 0 Å². The molecule has 0 bridgehead atoms. The molecule has 0 aliphatic carbocycles. The first-order valence-electron chi connectivity index (χ1n) is 7.60. The first-order chi connectivity index (χ1) is 8.19. The summed E-state index contributed by atoms with van der Waals surface area (Å²) >= 11 is 0. The molecule has 2 unspecified atom stereocenters. The van der Waals surface area contributed by atoms with Crippen molar-refractivity contribution in [1.82, 2.24) is 10.2 Å². The number of rotatable bonds is 11. The molecule has 0 heterocycles. The SMILES string of the molecule is CCCCN(CCCC(CC)NC)C(C)CC. The van der Waals surface area contributed by atoms with Crippen LogP contribution in [0.3, 0.4) is 0 Å². The van der Waals surface area contributed by atoms with Crippen molar-refractivity contribution in [3.8, 4) is 0 Å². The monoisotopic (exact) mass is 242 g/mol. The Bertz CT molecular complexity index is 155. The van der Waals surface area contributed by atoms with E-state index in [2.05, 4.69) is 45.0 Å². The lowest BCUT2D eigenvalue weighted by molar-refractivity contribution is 0.194. The second-order valence-electron chi connectivity index (χ2n) is 5.18. The average Bonchev–Trinajstić information content (AvgIpc) is 2.37. The Hall–Kier alpha value is -0.0800. The van der Waals surface area contributed by atoms with E-state index in [1.54, 1.807) is 0 Å². The van der Waals surface area contributed by atoms with Gasteiger partial charge in [0.1, 0.15) is 0 Å². The van der Waals surface area contributed by atoms with Crippen molar-refractivity contribution in [1.29, 1.82) is 0 Å². The number of unbranched alkanes of at least 4 members (excludes halogenated alkanes) is 1. The van der Waals surface area contributed by atoms with E-state index in [0.717, 1.165) is 6.04 Å². The fourth-order valence-electron chi connectivity index (χ4n) is 2.27. The van der Waals surface area contributed by atoms with Crippen molar-refractivity contribution < 1.29 is 0 Å². The molecule has 0 aliphatic rings. The van der Waals surface area contributed by atoms with E-state index in [4.69, 9.17) is 0 Å². The van der Waals surface area contributed by atoms with Gasteiger partial charge in [-0.1, -0.05) is 27.2 Å². The van der Waals surface area contributed by atoms with Crippen LogP contribution in [0, 0.1) is 0 Å². The molecule has 0 saturated heterocycles. The molecule has 0 amide bonds. The standard InChI is InChI=1S/C15H34N2/c1-6-9-12-17(14(4)7-2)13-10-11-15(8-3)16-5/h14-16H,6-13H2,1-5H3. The molecule has 0 aromatic rings. The first-order valence-corrected chi connectivity index (χ1v) is 7.60. The predicted molar refractivity (Wildman–Crippen MR) is 78.6 cm³/mol. The lowest BCUT2D eigenvalue weighted by Gasteiger charge is -2.29. The molecule has 2 nitrogen and oxygen atoms in total. The Morgan fingerprint density at radius 1 is 1.00 bits per heavy atom. The molecular formula is C15H34N2. The summed E-state index contributed by atoms with van der Waals surface area (Å²) in [5.41, 5.74) is 0. The molecule has 1 N–H and O–H groups in total. The third kappa shape index (κ3) is 7.77. The van der Waals surface area contributed by atoms with Crippen LogP contribution >= 0.6 is 0 Å². The topological polar surface area (TPSA) is 15.3 Å². The lowest BCUT2D eigenvalue weighted by Crippen LogP contribution is -2.35. The second-order valence-corrected chi connectivity index (χ2v) is 5.18. The van der Waals surface area contributed by atoms with Crippen LogP contribution in [0.5, 0.6) is 0 Å². The fraction of sp³-hybridized carbons (Fsp3) is 1.00. The smallest absolute Gasteiger partial charge is 0.00643 e. The fourth-order valence-corrected chi connectivity index (χ4v) is 2.27. The summed E-state index contributed by atoms with van der Waals surface area (Å²) in [7, 11) is 2.08. The summed E-state index contributed by atoms with van der Waals surface area (Å²) in [5.74, 6) is 0. The van der Waals surface area contributed by atoms with Crippen molar-refractivity contribution in [3.63, 3.8) is 0 Å². The molecule has 0 radical (unpaired) electrons. The van der Waals surface area contributed by atoms with Crippen molar-refractivity contribution in [3.05, 3.63) is 0 Å². The van der Waals surface area contributed by atoms with Crippen LogP contribution in [-0.4, -0.2) is 37.1 Å². The zero-order valence-corrected chi connectivity index (χ0v) is 12.8. The maximum Gasteiger partial charge on any atom is 0.00643 e. The van der Waals surface area contributed by atoms with Gasteiger partial charge in [0, 0.05) is 12.1 Å². The van der Waals surface area contributed by atoms with Crippen LogP contribution in [0.1, 0.15) is 66.2 Å². The van der Waals surface area contributed by atoms with Gasteiger partial charge in [-0.3, -0.25) is 0 Å². The van der Waals surface area contributed by atoms with Crippen LogP contribution in [0.25, 0.3) is 0 Å². The minimum atomic E-state index is 0.708. The molecule has 0 saturated carbocycles. The Balaban J connectivity index is 3.89. The molecule has 0 rings (SSSR count). The van der Waals surface area contributed by atoms with Gasteiger partial charge in [-0.05, 0) is 59.2 Å². The zero-order chi connectivity index (χ0) is 13.1. The maximum absolute atomic E-state index is 3.39.